The van der Waals surface area contributed by atoms with Gasteiger partial charge in [0.1, 0.15) is 5.41 Å². The summed E-state index contributed by atoms with van der Waals surface area (Å²) < 4.78 is 10.6. The van der Waals surface area contributed by atoms with E-state index < -0.39 is 17.4 Å². The van der Waals surface area contributed by atoms with Gasteiger partial charge in [-0.1, -0.05) is 12.1 Å². The maximum Gasteiger partial charge on any atom is 0.336 e. The van der Waals surface area contributed by atoms with E-state index >= 15 is 0 Å². The van der Waals surface area contributed by atoms with Gasteiger partial charge in [0.15, 0.2) is 11.5 Å². The summed E-state index contributed by atoms with van der Waals surface area (Å²) >= 11 is 0. The Bertz CT molecular complexity index is 693. The zero-order valence-corrected chi connectivity index (χ0v) is 10.8. The van der Waals surface area contributed by atoms with Gasteiger partial charge in [0, 0.05) is 11.8 Å². The predicted octanol–water partition coefficient (Wildman–Crippen LogP) is 0.833. The van der Waals surface area contributed by atoms with Crippen molar-refractivity contribution in [3.63, 3.8) is 0 Å². The lowest BCUT2D eigenvalue weighted by Gasteiger charge is -2.28. The fourth-order valence-corrected chi connectivity index (χ4v) is 2.44. The molecule has 3 rings (SSSR count). The predicted molar refractivity (Wildman–Crippen MR) is 71.0 cm³/mol. The van der Waals surface area contributed by atoms with Gasteiger partial charge in [-0.2, -0.15) is 0 Å². The van der Waals surface area contributed by atoms with Gasteiger partial charge in [-0.15, -0.1) is 0 Å². The van der Waals surface area contributed by atoms with Gasteiger partial charge in [0.25, 0.3) is 0 Å². The lowest BCUT2D eigenvalue weighted by molar-refractivity contribution is -0.141. The van der Waals surface area contributed by atoms with Crippen molar-refractivity contribution in [3.05, 3.63) is 35.4 Å². The highest BCUT2D eigenvalue weighted by Gasteiger charge is 2.44. The fraction of sp³-hybridized carbons (Fsp3) is 0.214. The molecule has 1 unspecified atom stereocenters. The average molecular weight is 289 g/mol. The van der Waals surface area contributed by atoms with E-state index in [1.807, 2.05) is 0 Å². The highest BCUT2D eigenvalue weighted by atomic mass is 16.7. The van der Waals surface area contributed by atoms with Crippen LogP contribution < -0.4 is 9.47 Å². The molecule has 108 valence electrons. The van der Waals surface area contributed by atoms with Gasteiger partial charge >= 0.3 is 11.9 Å². The number of benzene rings is 1. The third-order valence-electron chi connectivity index (χ3n) is 3.48. The molecule has 0 amide bonds. The van der Waals surface area contributed by atoms with Crippen LogP contribution >= 0.6 is 0 Å². The van der Waals surface area contributed by atoms with E-state index in [9.17, 15) is 14.7 Å². The number of hydrogen-bond donors (Lipinski definition) is 2. The van der Waals surface area contributed by atoms with E-state index in [1.54, 1.807) is 18.2 Å². The molecule has 0 aromatic heterocycles. The Hall–Kier alpha value is -2.83. The Morgan fingerprint density at radius 3 is 2.76 bits per heavy atom. The second kappa shape index (κ2) is 4.62. The molecule has 21 heavy (non-hydrogen) atoms. The van der Waals surface area contributed by atoms with Crippen molar-refractivity contribution in [2.45, 2.75) is 5.41 Å². The van der Waals surface area contributed by atoms with Crippen molar-refractivity contribution < 1.29 is 29.3 Å². The Morgan fingerprint density at radius 1 is 1.24 bits per heavy atom. The Labute approximate surface area is 119 Å². The zero-order chi connectivity index (χ0) is 15.0. The molecule has 2 heterocycles. The number of para-hydroxylation sites is 1. The van der Waals surface area contributed by atoms with Crippen LogP contribution in [0, 0.1) is 0 Å². The van der Waals surface area contributed by atoms with Gasteiger partial charge in [-0.25, -0.2) is 4.79 Å². The standard InChI is InChI=1S/C14H11NO6/c16-12(17)8-4-14(13(18)19,6-15-5-8)9-2-1-3-10-11(9)21-7-20-10/h1-5H,6-7H2,(H,16,17)(H,18,19). The number of nitrogens with zero attached hydrogens (tertiary/aromatic N) is 1. The molecule has 0 saturated carbocycles. The molecule has 0 aliphatic carbocycles. The number of rotatable bonds is 3. The Balaban J connectivity index is 2.21. The molecule has 1 aromatic rings. The summed E-state index contributed by atoms with van der Waals surface area (Å²) in [6.45, 7) is -0.0975. The molecule has 0 radical (unpaired) electrons. The average Bonchev–Trinajstić information content (AvgIpc) is 2.95. The van der Waals surface area contributed by atoms with Crippen LogP contribution in [0.5, 0.6) is 11.5 Å². The summed E-state index contributed by atoms with van der Waals surface area (Å²) in [7, 11) is 0. The number of carboxylic acids is 2. The first-order valence-corrected chi connectivity index (χ1v) is 6.13. The van der Waals surface area contributed by atoms with Gasteiger partial charge in [-0.3, -0.25) is 9.79 Å². The summed E-state index contributed by atoms with van der Waals surface area (Å²) in [4.78, 5) is 26.9. The van der Waals surface area contributed by atoms with Crippen molar-refractivity contribution in [3.8, 4) is 11.5 Å². The number of aliphatic imine (C=N–C) groups is 1. The number of carbonyl (C=O) groups is 2. The molecule has 2 N–H and O–H groups in total. The van der Waals surface area contributed by atoms with Gasteiger partial charge in [0.05, 0.1) is 12.1 Å². The van der Waals surface area contributed by atoms with E-state index in [0.717, 1.165) is 6.21 Å². The molecular formula is C14H11NO6. The van der Waals surface area contributed by atoms with E-state index in [4.69, 9.17) is 14.6 Å². The quantitative estimate of drug-likeness (QED) is 0.854. The maximum atomic E-state index is 11.8. The number of carboxylic acid groups (broad SMARTS) is 2. The minimum atomic E-state index is -1.58. The van der Waals surface area contributed by atoms with Crippen LogP contribution in [0.25, 0.3) is 0 Å². The van der Waals surface area contributed by atoms with Crippen molar-refractivity contribution in [2.75, 3.05) is 13.3 Å². The molecule has 2 aliphatic heterocycles. The molecule has 0 bridgehead atoms. The molecule has 0 saturated heterocycles. The maximum absolute atomic E-state index is 11.8. The second-order valence-electron chi connectivity index (χ2n) is 4.69. The first kappa shape index (κ1) is 13.2. The van der Waals surface area contributed by atoms with Crippen LogP contribution in [0.4, 0.5) is 0 Å². The minimum Gasteiger partial charge on any atom is -0.480 e. The normalized spacial score (nSPS) is 22.8. The van der Waals surface area contributed by atoms with Crippen molar-refractivity contribution in [2.24, 2.45) is 4.99 Å². The Morgan fingerprint density at radius 2 is 2.05 bits per heavy atom. The zero-order valence-electron chi connectivity index (χ0n) is 10.8. The molecular weight excluding hydrogens is 278 g/mol. The van der Waals surface area contributed by atoms with E-state index in [-0.39, 0.29) is 18.9 Å². The summed E-state index contributed by atoms with van der Waals surface area (Å²) in [5.74, 6) is -1.67. The molecule has 7 heteroatoms. The summed E-state index contributed by atoms with van der Waals surface area (Å²) in [6, 6.07) is 4.88. The molecule has 0 fully saturated rings. The van der Waals surface area contributed by atoms with Crippen molar-refractivity contribution in [1.29, 1.82) is 0 Å². The van der Waals surface area contributed by atoms with Crippen molar-refractivity contribution >= 4 is 18.2 Å². The lowest BCUT2D eigenvalue weighted by atomic mass is 9.77. The van der Waals surface area contributed by atoms with Crippen LogP contribution in [0.15, 0.2) is 34.8 Å². The van der Waals surface area contributed by atoms with E-state index in [0.29, 0.717) is 17.1 Å². The van der Waals surface area contributed by atoms with Gasteiger partial charge < -0.3 is 19.7 Å². The summed E-state index contributed by atoms with van der Waals surface area (Å²) in [5, 5.41) is 18.7. The number of dihydropyridines is 1. The van der Waals surface area contributed by atoms with Gasteiger partial charge in [-0.05, 0) is 12.1 Å². The highest BCUT2D eigenvalue weighted by molar-refractivity contribution is 6.10. The highest BCUT2D eigenvalue weighted by Crippen LogP contribution is 2.43. The summed E-state index contributed by atoms with van der Waals surface area (Å²) in [5.41, 5.74) is -1.41. The number of aliphatic carboxylic acids is 2. The fourth-order valence-electron chi connectivity index (χ4n) is 2.44. The smallest absolute Gasteiger partial charge is 0.336 e. The first-order valence-electron chi connectivity index (χ1n) is 6.13. The molecule has 0 spiro atoms. The third-order valence-corrected chi connectivity index (χ3v) is 3.48. The monoisotopic (exact) mass is 289 g/mol. The lowest BCUT2D eigenvalue weighted by Crippen LogP contribution is -2.40. The van der Waals surface area contributed by atoms with Crippen LogP contribution in [-0.2, 0) is 15.0 Å². The second-order valence-corrected chi connectivity index (χ2v) is 4.69. The van der Waals surface area contributed by atoms with Gasteiger partial charge in [0.2, 0.25) is 6.79 Å². The molecule has 2 aliphatic rings. The third kappa shape index (κ3) is 1.94. The SMILES string of the molecule is O=C(O)C1=CC(C(=O)O)(c2cccc3c2OCO3)CN=C1. The van der Waals surface area contributed by atoms with Crippen LogP contribution in [0.2, 0.25) is 0 Å². The molecule has 1 atom stereocenters. The minimum absolute atomic E-state index is 0.000809. The first-order chi connectivity index (χ1) is 10.0. The number of fused-ring (bicyclic) bond motifs is 1. The van der Waals surface area contributed by atoms with E-state index in [2.05, 4.69) is 4.99 Å². The van der Waals surface area contributed by atoms with Crippen molar-refractivity contribution in [1.82, 2.24) is 0 Å². The summed E-state index contributed by atoms with van der Waals surface area (Å²) in [6.07, 6.45) is 2.35. The topological polar surface area (TPSA) is 105 Å². The number of hydrogen-bond acceptors (Lipinski definition) is 5. The van der Waals surface area contributed by atoms with E-state index in [1.165, 1.54) is 6.08 Å². The van der Waals surface area contributed by atoms with Crippen LogP contribution in [0.1, 0.15) is 5.56 Å². The molecule has 1 aromatic carbocycles. The number of ether oxygens (including phenoxy) is 2. The molecule has 7 nitrogen and oxygen atoms in total. The Kier molecular flexibility index (Phi) is 2.90. The van der Waals surface area contributed by atoms with Crippen LogP contribution in [0.3, 0.4) is 0 Å². The van der Waals surface area contributed by atoms with Crippen LogP contribution in [-0.4, -0.2) is 41.7 Å². The largest absolute Gasteiger partial charge is 0.480 e.